The van der Waals surface area contributed by atoms with E-state index < -0.39 is 0 Å². The van der Waals surface area contributed by atoms with Gasteiger partial charge in [-0.2, -0.15) is 0 Å². The molecule has 1 aromatic carbocycles. The average Bonchev–Trinajstić information content (AvgIpc) is 2.63. The van der Waals surface area contributed by atoms with Crippen LogP contribution in [0, 0.1) is 0 Å². The van der Waals surface area contributed by atoms with E-state index in [1.165, 1.54) is 4.90 Å². The van der Waals surface area contributed by atoms with Gasteiger partial charge in [-0.25, -0.2) is 0 Å². The lowest BCUT2D eigenvalue weighted by molar-refractivity contribution is 0.297. The Morgan fingerprint density at radius 3 is 2.68 bits per heavy atom. The number of ether oxygens (including phenoxy) is 2. The van der Waals surface area contributed by atoms with Gasteiger partial charge in [0.1, 0.15) is 0 Å². The summed E-state index contributed by atoms with van der Waals surface area (Å²) in [6.45, 7) is 5.97. The van der Waals surface area contributed by atoms with Crippen LogP contribution in [0.2, 0.25) is 0 Å². The Morgan fingerprint density at radius 2 is 1.95 bits per heavy atom. The van der Waals surface area contributed by atoms with Gasteiger partial charge in [-0.15, -0.1) is 11.8 Å². The van der Waals surface area contributed by atoms with Gasteiger partial charge in [-0.05, 0) is 38.6 Å². The van der Waals surface area contributed by atoms with Crippen LogP contribution in [0.15, 0.2) is 23.1 Å². The van der Waals surface area contributed by atoms with Crippen LogP contribution in [0.1, 0.15) is 26.7 Å². The average molecular weight is 281 g/mol. The molecule has 0 aromatic heterocycles. The van der Waals surface area contributed by atoms with Crippen LogP contribution in [-0.2, 0) is 0 Å². The van der Waals surface area contributed by atoms with Crippen LogP contribution in [0.4, 0.5) is 0 Å². The maximum Gasteiger partial charge on any atom is 0.162 e. The lowest BCUT2D eigenvalue weighted by Gasteiger charge is -2.17. The van der Waals surface area contributed by atoms with Gasteiger partial charge >= 0.3 is 0 Å². The highest BCUT2D eigenvalue weighted by Gasteiger charge is 2.13. The van der Waals surface area contributed by atoms with E-state index in [-0.39, 0.29) is 0 Å². The smallest absolute Gasteiger partial charge is 0.162 e. The molecule has 0 radical (unpaired) electrons. The second kappa shape index (κ2) is 7.06. The van der Waals surface area contributed by atoms with E-state index in [0.717, 1.165) is 37.6 Å². The molecule has 4 heteroatoms. The molecule has 0 aliphatic carbocycles. The molecule has 1 aliphatic heterocycles. The van der Waals surface area contributed by atoms with Crippen LogP contribution in [0.3, 0.4) is 0 Å². The summed E-state index contributed by atoms with van der Waals surface area (Å²) in [5.41, 5.74) is 0. The molecule has 0 saturated carbocycles. The van der Waals surface area contributed by atoms with E-state index in [4.69, 9.17) is 9.47 Å². The maximum atomic E-state index is 5.72. The van der Waals surface area contributed by atoms with Crippen LogP contribution in [0.5, 0.6) is 11.5 Å². The monoisotopic (exact) mass is 281 g/mol. The van der Waals surface area contributed by atoms with E-state index in [0.29, 0.717) is 11.3 Å². The Hall–Kier alpha value is -0.870. The standard InChI is InChI=1S/C15H23NO2S/c1-11(16-3)9-12(2)19-13-5-6-14-15(10-13)18-8-4-7-17-14/h5-6,10-12,16H,4,7-9H2,1-3H3. The zero-order valence-electron chi connectivity index (χ0n) is 11.9. The third kappa shape index (κ3) is 4.32. The molecule has 1 aromatic rings. The Labute approximate surface area is 120 Å². The molecule has 0 spiro atoms. The number of hydrogen-bond acceptors (Lipinski definition) is 4. The number of hydrogen-bond donors (Lipinski definition) is 1. The molecule has 0 saturated heterocycles. The molecule has 1 N–H and O–H groups in total. The summed E-state index contributed by atoms with van der Waals surface area (Å²) < 4.78 is 11.4. The number of fused-ring (bicyclic) bond motifs is 1. The summed E-state index contributed by atoms with van der Waals surface area (Å²) in [5.74, 6) is 1.76. The number of rotatable bonds is 5. The number of nitrogens with one attached hydrogen (secondary N) is 1. The molecule has 0 bridgehead atoms. The molecule has 1 aliphatic rings. The lowest BCUT2D eigenvalue weighted by Crippen LogP contribution is -2.24. The summed E-state index contributed by atoms with van der Waals surface area (Å²) >= 11 is 1.89. The van der Waals surface area contributed by atoms with Gasteiger partial charge in [0.15, 0.2) is 11.5 Å². The Morgan fingerprint density at radius 1 is 1.21 bits per heavy atom. The SMILES string of the molecule is CNC(C)CC(C)Sc1ccc2c(c1)OCCCO2. The topological polar surface area (TPSA) is 30.5 Å². The Balaban J connectivity index is 1.99. The molecule has 2 rings (SSSR count). The van der Waals surface area contributed by atoms with Gasteiger partial charge in [-0.1, -0.05) is 6.92 Å². The zero-order chi connectivity index (χ0) is 13.7. The van der Waals surface area contributed by atoms with Gasteiger partial charge < -0.3 is 14.8 Å². The van der Waals surface area contributed by atoms with Crippen molar-refractivity contribution in [3.05, 3.63) is 18.2 Å². The fourth-order valence-electron chi connectivity index (χ4n) is 2.11. The van der Waals surface area contributed by atoms with Crippen molar-refractivity contribution in [2.24, 2.45) is 0 Å². The van der Waals surface area contributed by atoms with Crippen molar-refractivity contribution in [3.8, 4) is 11.5 Å². The van der Waals surface area contributed by atoms with Crippen molar-refractivity contribution in [1.82, 2.24) is 5.32 Å². The van der Waals surface area contributed by atoms with Gasteiger partial charge in [0.05, 0.1) is 13.2 Å². The predicted octanol–water partition coefficient (Wildman–Crippen LogP) is 3.33. The molecule has 0 fully saturated rings. The molecular formula is C15H23NO2S. The zero-order valence-corrected chi connectivity index (χ0v) is 12.8. The van der Waals surface area contributed by atoms with E-state index in [9.17, 15) is 0 Å². The van der Waals surface area contributed by atoms with Crippen molar-refractivity contribution >= 4 is 11.8 Å². The van der Waals surface area contributed by atoms with E-state index in [1.54, 1.807) is 0 Å². The Bertz CT molecular complexity index is 411. The fraction of sp³-hybridized carbons (Fsp3) is 0.600. The minimum atomic E-state index is 0.544. The Kier molecular flexibility index (Phi) is 5.40. The van der Waals surface area contributed by atoms with Crippen LogP contribution < -0.4 is 14.8 Å². The van der Waals surface area contributed by atoms with E-state index >= 15 is 0 Å². The summed E-state index contributed by atoms with van der Waals surface area (Å²) in [5, 5.41) is 3.86. The van der Waals surface area contributed by atoms with Crippen LogP contribution in [-0.4, -0.2) is 31.6 Å². The van der Waals surface area contributed by atoms with E-state index in [2.05, 4.69) is 31.3 Å². The molecule has 2 atom stereocenters. The molecule has 3 nitrogen and oxygen atoms in total. The third-order valence-corrected chi connectivity index (χ3v) is 4.36. The summed E-state index contributed by atoms with van der Waals surface area (Å²) in [6, 6.07) is 6.80. The highest BCUT2D eigenvalue weighted by molar-refractivity contribution is 7.99. The minimum Gasteiger partial charge on any atom is -0.490 e. The van der Waals surface area contributed by atoms with Gasteiger partial charge in [0.25, 0.3) is 0 Å². The van der Waals surface area contributed by atoms with Crippen molar-refractivity contribution < 1.29 is 9.47 Å². The quantitative estimate of drug-likeness (QED) is 0.839. The van der Waals surface area contributed by atoms with E-state index in [1.807, 2.05) is 24.9 Å². The molecule has 0 amide bonds. The fourth-order valence-corrected chi connectivity index (χ4v) is 3.28. The molecular weight excluding hydrogens is 258 g/mol. The molecule has 19 heavy (non-hydrogen) atoms. The first-order valence-corrected chi connectivity index (χ1v) is 7.80. The normalized spacial score (nSPS) is 17.6. The predicted molar refractivity (Wildman–Crippen MR) is 80.5 cm³/mol. The number of thioether (sulfide) groups is 1. The second-order valence-corrected chi connectivity index (χ2v) is 6.52. The van der Waals surface area contributed by atoms with Crippen LogP contribution in [0.25, 0.3) is 0 Å². The third-order valence-electron chi connectivity index (χ3n) is 3.23. The number of benzene rings is 1. The summed E-state index contributed by atoms with van der Waals surface area (Å²) in [4.78, 5) is 1.25. The largest absolute Gasteiger partial charge is 0.490 e. The van der Waals surface area contributed by atoms with Gasteiger partial charge in [-0.3, -0.25) is 0 Å². The van der Waals surface area contributed by atoms with Gasteiger partial charge in [0.2, 0.25) is 0 Å². The molecule has 2 unspecified atom stereocenters. The molecule has 1 heterocycles. The molecule has 106 valence electrons. The van der Waals surface area contributed by atoms with Gasteiger partial charge in [0, 0.05) is 22.6 Å². The first-order valence-electron chi connectivity index (χ1n) is 6.92. The van der Waals surface area contributed by atoms with Crippen molar-refractivity contribution in [2.45, 2.75) is 42.9 Å². The van der Waals surface area contributed by atoms with Crippen LogP contribution >= 0.6 is 11.8 Å². The maximum absolute atomic E-state index is 5.72. The first-order chi connectivity index (χ1) is 9.19. The highest BCUT2D eigenvalue weighted by atomic mass is 32.2. The minimum absolute atomic E-state index is 0.544. The van der Waals surface area contributed by atoms with Crippen molar-refractivity contribution in [3.63, 3.8) is 0 Å². The van der Waals surface area contributed by atoms with Crippen molar-refractivity contribution in [1.29, 1.82) is 0 Å². The highest BCUT2D eigenvalue weighted by Crippen LogP contribution is 2.35. The van der Waals surface area contributed by atoms with Crippen molar-refractivity contribution in [2.75, 3.05) is 20.3 Å². The summed E-state index contributed by atoms with van der Waals surface area (Å²) in [6.07, 6.45) is 2.10. The first kappa shape index (κ1) is 14.5. The lowest BCUT2D eigenvalue weighted by atomic mass is 10.2. The summed E-state index contributed by atoms with van der Waals surface area (Å²) in [7, 11) is 2.01. The second-order valence-electron chi connectivity index (χ2n) is 5.01.